The van der Waals surface area contributed by atoms with Gasteiger partial charge < -0.3 is 10.3 Å². The summed E-state index contributed by atoms with van der Waals surface area (Å²) in [5.74, 6) is 1.21. The molecule has 1 atom stereocenters. The molecule has 130 valence electrons. The maximum atomic E-state index is 5.96. The van der Waals surface area contributed by atoms with Crippen molar-refractivity contribution in [2.75, 3.05) is 26.7 Å². The number of likely N-dealkylation sites (tertiary alicyclic amines) is 1. The van der Waals surface area contributed by atoms with Crippen LogP contribution in [-0.2, 0) is 12.1 Å². The third kappa shape index (κ3) is 5.66. The second-order valence-corrected chi connectivity index (χ2v) is 6.35. The van der Waals surface area contributed by atoms with E-state index in [0.717, 1.165) is 13.1 Å². The van der Waals surface area contributed by atoms with Crippen molar-refractivity contribution in [1.82, 2.24) is 19.9 Å². The number of hydrogen-bond acceptors (Lipinski definition) is 6. The number of hydrogen-bond donors (Lipinski definition) is 1. The normalized spacial score (nSPS) is 19.1. The lowest BCUT2D eigenvalue weighted by molar-refractivity contribution is 0.182. The molecule has 0 aromatic carbocycles. The van der Waals surface area contributed by atoms with E-state index in [1.165, 1.54) is 19.4 Å². The van der Waals surface area contributed by atoms with Crippen molar-refractivity contribution in [3.8, 4) is 0 Å². The summed E-state index contributed by atoms with van der Waals surface area (Å²) in [6.07, 6.45) is 2.58. The Kier molecular flexibility index (Phi) is 8.87. The summed E-state index contributed by atoms with van der Waals surface area (Å²) in [7, 11) is 2.10. The fourth-order valence-corrected chi connectivity index (χ4v) is 2.75. The van der Waals surface area contributed by atoms with E-state index in [1.807, 2.05) is 13.8 Å². The Morgan fingerprint density at radius 3 is 2.64 bits per heavy atom. The molecule has 1 unspecified atom stereocenters. The first-order valence-corrected chi connectivity index (χ1v) is 7.44. The first-order valence-electron chi connectivity index (χ1n) is 7.44. The number of halogens is 2. The van der Waals surface area contributed by atoms with Crippen molar-refractivity contribution in [1.29, 1.82) is 0 Å². The SMILES string of the molecule is CCN1CCCC1CN(C)Cc1nc(C(C)(C)N)no1.Cl.Cl. The summed E-state index contributed by atoms with van der Waals surface area (Å²) in [5.41, 5.74) is 5.41. The van der Waals surface area contributed by atoms with Crippen LogP contribution in [0.4, 0.5) is 0 Å². The molecule has 0 amide bonds. The van der Waals surface area contributed by atoms with Crippen LogP contribution in [0.1, 0.15) is 45.3 Å². The van der Waals surface area contributed by atoms with Gasteiger partial charge in [0.1, 0.15) is 0 Å². The molecule has 1 aromatic heterocycles. The summed E-state index contributed by atoms with van der Waals surface area (Å²) < 4.78 is 5.28. The Morgan fingerprint density at radius 1 is 1.41 bits per heavy atom. The molecule has 1 aliphatic heterocycles. The van der Waals surface area contributed by atoms with Gasteiger partial charge in [-0.25, -0.2) is 0 Å². The van der Waals surface area contributed by atoms with Crippen LogP contribution in [0.25, 0.3) is 0 Å². The highest BCUT2D eigenvalue weighted by atomic mass is 35.5. The van der Waals surface area contributed by atoms with Gasteiger partial charge in [-0.3, -0.25) is 9.80 Å². The number of nitrogens with two attached hydrogens (primary N) is 1. The van der Waals surface area contributed by atoms with Gasteiger partial charge in [-0.05, 0) is 46.8 Å². The molecule has 22 heavy (non-hydrogen) atoms. The molecule has 1 fully saturated rings. The molecule has 0 aliphatic carbocycles. The number of rotatable bonds is 6. The van der Waals surface area contributed by atoms with E-state index in [2.05, 4.69) is 33.9 Å². The standard InChI is InChI=1S/C14H27N5O.2ClH/c1-5-19-8-6-7-11(19)9-18(4)10-12-16-13(17-20-12)14(2,3)15;;/h11H,5-10,15H2,1-4H3;2*1H. The molecule has 0 spiro atoms. The van der Waals surface area contributed by atoms with E-state index in [-0.39, 0.29) is 24.8 Å². The minimum absolute atomic E-state index is 0. The largest absolute Gasteiger partial charge is 0.338 e. The fourth-order valence-electron chi connectivity index (χ4n) is 2.75. The van der Waals surface area contributed by atoms with Crippen LogP contribution in [0.2, 0.25) is 0 Å². The van der Waals surface area contributed by atoms with Crippen molar-refractivity contribution < 1.29 is 4.52 Å². The molecule has 2 rings (SSSR count). The lowest BCUT2D eigenvalue weighted by Gasteiger charge is -2.26. The minimum Gasteiger partial charge on any atom is -0.338 e. The molecule has 6 nitrogen and oxygen atoms in total. The summed E-state index contributed by atoms with van der Waals surface area (Å²) in [5, 5.41) is 3.96. The van der Waals surface area contributed by atoms with Gasteiger partial charge in [-0.1, -0.05) is 12.1 Å². The lowest BCUT2D eigenvalue weighted by atomic mass is 10.1. The smallest absolute Gasteiger partial charge is 0.240 e. The Labute approximate surface area is 145 Å². The minimum atomic E-state index is -0.551. The maximum Gasteiger partial charge on any atom is 0.240 e. The number of likely N-dealkylation sites (N-methyl/N-ethyl adjacent to an activating group) is 2. The van der Waals surface area contributed by atoms with E-state index in [0.29, 0.717) is 24.3 Å². The lowest BCUT2D eigenvalue weighted by Crippen LogP contribution is -2.38. The third-order valence-electron chi connectivity index (χ3n) is 3.88. The van der Waals surface area contributed by atoms with Crippen molar-refractivity contribution in [2.24, 2.45) is 5.73 Å². The zero-order chi connectivity index (χ0) is 14.8. The fraction of sp³-hybridized carbons (Fsp3) is 0.857. The first-order chi connectivity index (χ1) is 9.40. The van der Waals surface area contributed by atoms with Crippen LogP contribution in [0, 0.1) is 0 Å². The van der Waals surface area contributed by atoms with E-state index in [1.54, 1.807) is 0 Å². The van der Waals surface area contributed by atoms with Gasteiger partial charge in [0, 0.05) is 12.6 Å². The third-order valence-corrected chi connectivity index (χ3v) is 3.88. The van der Waals surface area contributed by atoms with Crippen LogP contribution in [0.15, 0.2) is 4.52 Å². The van der Waals surface area contributed by atoms with E-state index in [4.69, 9.17) is 10.3 Å². The monoisotopic (exact) mass is 353 g/mol. The van der Waals surface area contributed by atoms with Crippen LogP contribution in [0.3, 0.4) is 0 Å². The van der Waals surface area contributed by atoms with E-state index < -0.39 is 5.54 Å². The highest BCUT2D eigenvalue weighted by Gasteiger charge is 2.25. The zero-order valence-electron chi connectivity index (χ0n) is 13.9. The molecule has 2 N–H and O–H groups in total. The van der Waals surface area contributed by atoms with Crippen molar-refractivity contribution in [3.05, 3.63) is 11.7 Å². The quantitative estimate of drug-likeness (QED) is 0.843. The zero-order valence-corrected chi connectivity index (χ0v) is 15.5. The van der Waals surface area contributed by atoms with Gasteiger partial charge in [0.05, 0.1) is 12.1 Å². The summed E-state index contributed by atoms with van der Waals surface area (Å²) in [6, 6.07) is 0.651. The molecule has 0 bridgehead atoms. The molecular weight excluding hydrogens is 325 g/mol. The van der Waals surface area contributed by atoms with Crippen LogP contribution in [0.5, 0.6) is 0 Å². The average Bonchev–Trinajstić information content (AvgIpc) is 2.97. The maximum absolute atomic E-state index is 5.96. The van der Waals surface area contributed by atoms with Crippen LogP contribution in [-0.4, -0.2) is 52.7 Å². The second kappa shape index (κ2) is 9.03. The molecule has 2 heterocycles. The van der Waals surface area contributed by atoms with E-state index >= 15 is 0 Å². The van der Waals surface area contributed by atoms with Gasteiger partial charge >= 0.3 is 0 Å². The van der Waals surface area contributed by atoms with Gasteiger partial charge in [-0.15, -0.1) is 24.8 Å². The molecule has 1 saturated heterocycles. The summed E-state index contributed by atoms with van der Waals surface area (Å²) >= 11 is 0. The molecular formula is C14H29Cl2N5O. The first kappa shape index (κ1) is 21.6. The topological polar surface area (TPSA) is 71.4 Å². The molecule has 8 heteroatoms. The summed E-state index contributed by atoms with van der Waals surface area (Å²) in [4.78, 5) is 9.17. The predicted molar refractivity (Wildman–Crippen MR) is 92.6 cm³/mol. The molecule has 1 aliphatic rings. The van der Waals surface area contributed by atoms with Crippen molar-refractivity contribution in [3.63, 3.8) is 0 Å². The number of nitrogens with zero attached hydrogens (tertiary/aromatic N) is 4. The van der Waals surface area contributed by atoms with Gasteiger partial charge in [0.2, 0.25) is 5.89 Å². The average molecular weight is 354 g/mol. The van der Waals surface area contributed by atoms with Crippen LogP contribution < -0.4 is 5.73 Å². The van der Waals surface area contributed by atoms with Gasteiger partial charge in [-0.2, -0.15) is 4.98 Å². The molecule has 0 saturated carbocycles. The Morgan fingerprint density at radius 2 is 2.09 bits per heavy atom. The Balaban J connectivity index is 0.00000220. The Hall–Kier alpha value is -0.400. The second-order valence-electron chi connectivity index (χ2n) is 6.35. The highest BCUT2D eigenvalue weighted by molar-refractivity contribution is 5.85. The highest BCUT2D eigenvalue weighted by Crippen LogP contribution is 2.18. The van der Waals surface area contributed by atoms with Crippen molar-refractivity contribution >= 4 is 24.8 Å². The number of aromatic nitrogens is 2. The van der Waals surface area contributed by atoms with Crippen LogP contribution >= 0.6 is 24.8 Å². The Bertz CT molecular complexity index is 435. The van der Waals surface area contributed by atoms with Crippen molar-refractivity contribution in [2.45, 2.75) is 51.7 Å². The molecule has 0 radical (unpaired) electrons. The summed E-state index contributed by atoms with van der Waals surface area (Å²) in [6.45, 7) is 10.1. The molecule has 1 aromatic rings. The van der Waals surface area contributed by atoms with Gasteiger partial charge in [0.25, 0.3) is 0 Å². The predicted octanol–water partition coefficient (Wildman–Crippen LogP) is 2.02. The van der Waals surface area contributed by atoms with E-state index in [9.17, 15) is 0 Å². The van der Waals surface area contributed by atoms with Gasteiger partial charge in [0.15, 0.2) is 5.82 Å².